The average molecular weight is 349 g/mol. The molecule has 0 saturated carbocycles. The molecule has 1 aromatic carbocycles. The van der Waals surface area contributed by atoms with Crippen LogP contribution in [0.1, 0.15) is 58.4 Å². The first-order valence-electron chi connectivity index (χ1n) is 9.20. The molecule has 0 radical (unpaired) electrons. The number of amides is 2. The second-order valence-corrected chi connectivity index (χ2v) is 7.24. The molecule has 0 fully saturated rings. The molecule has 0 saturated heterocycles. The van der Waals surface area contributed by atoms with Gasteiger partial charge in [0.15, 0.2) is 0 Å². The number of carbonyl (C=O) groups excluding carboxylic acids is 2. The lowest BCUT2D eigenvalue weighted by Crippen LogP contribution is -2.39. The van der Waals surface area contributed by atoms with Crippen molar-refractivity contribution >= 4 is 17.5 Å². The van der Waals surface area contributed by atoms with Crippen molar-refractivity contribution < 1.29 is 9.59 Å². The van der Waals surface area contributed by atoms with Crippen LogP contribution in [0.3, 0.4) is 0 Å². The number of rotatable bonds is 2. The molecule has 0 bridgehead atoms. The highest BCUT2D eigenvalue weighted by atomic mass is 16.2. The second kappa shape index (κ2) is 6.56. The Kier molecular flexibility index (Phi) is 4.23. The molecule has 26 heavy (non-hydrogen) atoms. The van der Waals surface area contributed by atoms with E-state index in [4.69, 9.17) is 0 Å². The predicted molar refractivity (Wildman–Crippen MR) is 100 cm³/mol. The molecule has 0 unspecified atom stereocenters. The number of aromatic nitrogens is 1. The summed E-state index contributed by atoms with van der Waals surface area (Å²) in [4.78, 5) is 30.9. The van der Waals surface area contributed by atoms with Crippen molar-refractivity contribution in [2.45, 2.75) is 45.6 Å². The standard InChI is InChI=1S/C21H23N3O2/c1-13-6-7-16-15(10-13)8-9-24(21(16)26)20-12-22-11-18-17(20)4-3-5-19(18)23-14(2)25/h6-7,10-12,19H,3-5,8-9H2,1-2H3,(H,23,25)/t19-/m0/s1. The van der Waals surface area contributed by atoms with E-state index in [-0.39, 0.29) is 17.9 Å². The zero-order valence-corrected chi connectivity index (χ0v) is 15.2. The van der Waals surface area contributed by atoms with Crippen molar-refractivity contribution in [3.05, 3.63) is 58.4 Å². The maximum absolute atomic E-state index is 13.1. The average Bonchev–Trinajstić information content (AvgIpc) is 2.61. The van der Waals surface area contributed by atoms with E-state index in [0.29, 0.717) is 6.54 Å². The van der Waals surface area contributed by atoms with Crippen LogP contribution in [0.5, 0.6) is 0 Å². The van der Waals surface area contributed by atoms with Gasteiger partial charge in [0.25, 0.3) is 5.91 Å². The third-order valence-electron chi connectivity index (χ3n) is 5.37. The Bertz CT molecular complexity index is 891. The second-order valence-electron chi connectivity index (χ2n) is 7.24. The number of aryl methyl sites for hydroxylation is 1. The van der Waals surface area contributed by atoms with Gasteiger partial charge in [-0.2, -0.15) is 0 Å². The number of nitrogens with zero attached hydrogens (tertiary/aromatic N) is 2. The summed E-state index contributed by atoms with van der Waals surface area (Å²) in [6.07, 6.45) is 7.30. The number of carbonyl (C=O) groups is 2. The van der Waals surface area contributed by atoms with Crippen LogP contribution in [0.2, 0.25) is 0 Å². The molecule has 1 N–H and O–H groups in total. The van der Waals surface area contributed by atoms with Crippen molar-refractivity contribution in [1.82, 2.24) is 10.3 Å². The summed E-state index contributed by atoms with van der Waals surface area (Å²) in [6, 6.07) is 6.02. The van der Waals surface area contributed by atoms with Gasteiger partial charge in [0, 0.05) is 25.2 Å². The Morgan fingerprint density at radius 1 is 1.27 bits per heavy atom. The fourth-order valence-corrected chi connectivity index (χ4v) is 4.18. The van der Waals surface area contributed by atoms with E-state index < -0.39 is 0 Å². The smallest absolute Gasteiger partial charge is 0.258 e. The van der Waals surface area contributed by atoms with Gasteiger partial charge >= 0.3 is 0 Å². The van der Waals surface area contributed by atoms with Gasteiger partial charge in [-0.25, -0.2) is 0 Å². The molecule has 134 valence electrons. The number of fused-ring (bicyclic) bond motifs is 2. The first-order chi connectivity index (χ1) is 12.5. The van der Waals surface area contributed by atoms with E-state index in [0.717, 1.165) is 53.6 Å². The maximum Gasteiger partial charge on any atom is 0.258 e. The van der Waals surface area contributed by atoms with E-state index >= 15 is 0 Å². The predicted octanol–water partition coefficient (Wildman–Crippen LogP) is 3.11. The van der Waals surface area contributed by atoms with Crippen molar-refractivity contribution in [1.29, 1.82) is 0 Å². The lowest BCUT2D eigenvalue weighted by molar-refractivity contribution is -0.119. The first-order valence-corrected chi connectivity index (χ1v) is 9.20. The van der Waals surface area contributed by atoms with Crippen molar-refractivity contribution in [3.63, 3.8) is 0 Å². The van der Waals surface area contributed by atoms with Crippen molar-refractivity contribution in [3.8, 4) is 0 Å². The molecular weight excluding hydrogens is 326 g/mol. The summed E-state index contributed by atoms with van der Waals surface area (Å²) in [7, 11) is 0. The minimum atomic E-state index is -0.0356. The monoisotopic (exact) mass is 349 g/mol. The maximum atomic E-state index is 13.1. The lowest BCUT2D eigenvalue weighted by Gasteiger charge is -2.33. The van der Waals surface area contributed by atoms with Crippen LogP contribution in [0.4, 0.5) is 5.69 Å². The van der Waals surface area contributed by atoms with Gasteiger partial charge in [0.2, 0.25) is 5.91 Å². The molecule has 1 atom stereocenters. The third kappa shape index (κ3) is 2.87. The van der Waals surface area contributed by atoms with Gasteiger partial charge in [-0.15, -0.1) is 0 Å². The molecule has 0 spiro atoms. The third-order valence-corrected chi connectivity index (χ3v) is 5.37. The summed E-state index contributed by atoms with van der Waals surface area (Å²) in [5.74, 6) is 0.00898. The normalized spacial score (nSPS) is 18.9. The summed E-state index contributed by atoms with van der Waals surface area (Å²) < 4.78 is 0. The lowest BCUT2D eigenvalue weighted by atomic mass is 9.87. The fraction of sp³-hybridized carbons (Fsp3) is 0.381. The van der Waals surface area contributed by atoms with E-state index in [1.807, 2.05) is 23.2 Å². The van der Waals surface area contributed by atoms with Gasteiger partial charge in [0.1, 0.15) is 0 Å². The van der Waals surface area contributed by atoms with Crippen LogP contribution < -0.4 is 10.2 Å². The number of hydrogen-bond acceptors (Lipinski definition) is 3. The van der Waals surface area contributed by atoms with Gasteiger partial charge in [-0.1, -0.05) is 17.7 Å². The minimum Gasteiger partial charge on any atom is -0.349 e. The number of nitrogens with one attached hydrogen (secondary N) is 1. The molecule has 1 aromatic heterocycles. The Morgan fingerprint density at radius 2 is 2.12 bits per heavy atom. The van der Waals surface area contributed by atoms with E-state index in [9.17, 15) is 9.59 Å². The first kappa shape index (κ1) is 16.8. The van der Waals surface area contributed by atoms with Crippen LogP contribution in [0, 0.1) is 6.92 Å². The summed E-state index contributed by atoms with van der Waals surface area (Å²) in [5.41, 5.74) is 6.19. The molecule has 5 nitrogen and oxygen atoms in total. The van der Waals surface area contributed by atoms with Crippen molar-refractivity contribution in [2.75, 3.05) is 11.4 Å². The SMILES string of the molecule is CC(=O)N[C@H]1CCCc2c1cncc2N1CCc2cc(C)ccc2C1=O. The molecule has 1 aliphatic carbocycles. The van der Waals surface area contributed by atoms with Crippen molar-refractivity contribution in [2.24, 2.45) is 0 Å². The quantitative estimate of drug-likeness (QED) is 0.906. The van der Waals surface area contributed by atoms with Gasteiger partial charge in [0.05, 0.1) is 17.9 Å². The summed E-state index contributed by atoms with van der Waals surface area (Å²) in [6.45, 7) is 4.26. The molecule has 2 aliphatic rings. The zero-order chi connectivity index (χ0) is 18.3. The van der Waals surface area contributed by atoms with E-state index in [2.05, 4.69) is 23.3 Å². The Hall–Kier alpha value is -2.69. The van der Waals surface area contributed by atoms with Gasteiger partial charge < -0.3 is 10.2 Å². The van der Waals surface area contributed by atoms with Crippen LogP contribution in [0.25, 0.3) is 0 Å². The van der Waals surface area contributed by atoms with Crippen LogP contribution in [-0.4, -0.2) is 23.3 Å². The number of pyridine rings is 1. The molecule has 2 aromatic rings. The zero-order valence-electron chi connectivity index (χ0n) is 15.2. The molecule has 1 aliphatic heterocycles. The largest absolute Gasteiger partial charge is 0.349 e. The summed E-state index contributed by atoms with van der Waals surface area (Å²) in [5, 5.41) is 3.02. The Morgan fingerprint density at radius 3 is 2.92 bits per heavy atom. The summed E-state index contributed by atoms with van der Waals surface area (Å²) >= 11 is 0. The fourth-order valence-electron chi connectivity index (χ4n) is 4.18. The minimum absolute atomic E-state index is 0.0153. The van der Waals surface area contributed by atoms with Crippen LogP contribution >= 0.6 is 0 Å². The number of anilines is 1. The number of hydrogen-bond donors (Lipinski definition) is 1. The topological polar surface area (TPSA) is 62.3 Å². The Labute approximate surface area is 153 Å². The molecular formula is C21H23N3O2. The van der Waals surface area contributed by atoms with Gasteiger partial charge in [-0.05, 0) is 55.4 Å². The highest BCUT2D eigenvalue weighted by Gasteiger charge is 2.30. The number of benzene rings is 1. The molecule has 5 heteroatoms. The van der Waals surface area contributed by atoms with Crippen LogP contribution in [0.15, 0.2) is 30.6 Å². The van der Waals surface area contributed by atoms with E-state index in [1.165, 1.54) is 5.56 Å². The molecule has 4 rings (SSSR count). The highest BCUT2D eigenvalue weighted by molar-refractivity contribution is 6.08. The molecule has 2 amide bonds. The van der Waals surface area contributed by atoms with Gasteiger partial charge in [-0.3, -0.25) is 14.6 Å². The van der Waals surface area contributed by atoms with E-state index in [1.54, 1.807) is 13.1 Å². The molecule has 2 heterocycles. The van der Waals surface area contributed by atoms with Crippen LogP contribution in [-0.2, 0) is 17.6 Å². The highest BCUT2D eigenvalue weighted by Crippen LogP contribution is 2.36. The Balaban J connectivity index is 1.72.